The van der Waals surface area contributed by atoms with Gasteiger partial charge in [0.15, 0.2) is 0 Å². The molecule has 104 valence electrons. The molecule has 0 radical (unpaired) electrons. The summed E-state index contributed by atoms with van der Waals surface area (Å²) in [7, 11) is 0. The number of hydrogen-bond donors (Lipinski definition) is 1. The second-order valence-electron chi connectivity index (χ2n) is 5.48. The highest BCUT2D eigenvalue weighted by Gasteiger charge is 2.25. The Morgan fingerprint density at radius 3 is 2.11 bits per heavy atom. The minimum absolute atomic E-state index is 0.000764. The van der Waals surface area contributed by atoms with Crippen molar-refractivity contribution >= 4 is 11.9 Å². The minimum Gasteiger partial charge on any atom is -0.464 e. The van der Waals surface area contributed by atoms with Crippen LogP contribution in [0.15, 0.2) is 11.6 Å². The van der Waals surface area contributed by atoms with Crippen LogP contribution in [0.4, 0.5) is 0 Å². The number of carbonyl (C=O) groups is 2. The molecule has 1 N–H and O–H groups in total. The van der Waals surface area contributed by atoms with Gasteiger partial charge < -0.3 is 10.1 Å². The lowest BCUT2D eigenvalue weighted by Crippen LogP contribution is -2.45. The van der Waals surface area contributed by atoms with E-state index in [4.69, 9.17) is 4.74 Å². The number of allylic oxidation sites excluding steroid dienone is 1. The topological polar surface area (TPSA) is 55.4 Å². The second-order valence-corrected chi connectivity index (χ2v) is 5.48. The van der Waals surface area contributed by atoms with Crippen LogP contribution in [-0.2, 0) is 14.3 Å². The van der Waals surface area contributed by atoms with Crippen molar-refractivity contribution < 1.29 is 14.3 Å². The van der Waals surface area contributed by atoms with E-state index in [0.29, 0.717) is 6.61 Å². The van der Waals surface area contributed by atoms with Crippen LogP contribution in [0.5, 0.6) is 0 Å². The zero-order valence-corrected chi connectivity index (χ0v) is 12.2. The molecule has 0 heterocycles. The molecule has 0 spiro atoms. The van der Waals surface area contributed by atoms with Crippen molar-refractivity contribution in [2.75, 3.05) is 6.61 Å². The molecular formula is C14H25NO3. The molecule has 0 saturated heterocycles. The summed E-state index contributed by atoms with van der Waals surface area (Å²) in [6, 6.07) is -0.591. The Labute approximate surface area is 110 Å². The van der Waals surface area contributed by atoms with Crippen LogP contribution in [0.25, 0.3) is 0 Å². The Kier molecular flexibility index (Phi) is 7.32. The molecule has 0 aromatic rings. The summed E-state index contributed by atoms with van der Waals surface area (Å²) in [5.74, 6) is -0.334. The molecular weight excluding hydrogens is 230 g/mol. The maximum Gasteiger partial charge on any atom is 0.328 e. The average molecular weight is 255 g/mol. The lowest BCUT2D eigenvalue weighted by molar-refractivity contribution is -0.149. The Balaban J connectivity index is 4.52. The molecule has 0 aliphatic carbocycles. The average Bonchev–Trinajstić information content (AvgIpc) is 2.21. The fraction of sp³-hybridized carbons (Fsp3) is 0.714. The van der Waals surface area contributed by atoms with E-state index in [0.717, 1.165) is 5.57 Å². The van der Waals surface area contributed by atoms with E-state index in [1.54, 1.807) is 0 Å². The summed E-state index contributed by atoms with van der Waals surface area (Å²) in [4.78, 5) is 23.5. The molecule has 4 nitrogen and oxygen atoms in total. The van der Waals surface area contributed by atoms with E-state index in [-0.39, 0.29) is 23.7 Å². The molecule has 4 heteroatoms. The third-order valence-corrected chi connectivity index (χ3v) is 2.20. The van der Waals surface area contributed by atoms with E-state index in [1.807, 2.05) is 41.5 Å². The van der Waals surface area contributed by atoms with Crippen molar-refractivity contribution in [2.24, 2.45) is 11.8 Å². The molecule has 0 aliphatic rings. The number of esters is 1. The first-order chi connectivity index (χ1) is 8.23. The van der Waals surface area contributed by atoms with Crippen LogP contribution >= 0.6 is 0 Å². The Hall–Kier alpha value is -1.32. The van der Waals surface area contributed by atoms with Gasteiger partial charge in [0, 0.05) is 6.08 Å². The largest absolute Gasteiger partial charge is 0.464 e. The van der Waals surface area contributed by atoms with Crippen molar-refractivity contribution in [3.05, 3.63) is 11.6 Å². The molecule has 0 saturated carbocycles. The first kappa shape index (κ1) is 16.7. The highest BCUT2D eigenvalue weighted by atomic mass is 16.5. The number of amides is 1. The molecule has 0 aromatic carbocycles. The predicted octanol–water partition coefficient (Wildman–Crippen LogP) is 2.29. The monoisotopic (exact) mass is 255 g/mol. The van der Waals surface area contributed by atoms with Gasteiger partial charge in [0.05, 0.1) is 6.61 Å². The van der Waals surface area contributed by atoms with Gasteiger partial charge in [-0.3, -0.25) is 4.79 Å². The third-order valence-electron chi connectivity index (χ3n) is 2.20. The van der Waals surface area contributed by atoms with Crippen LogP contribution in [0.2, 0.25) is 0 Å². The van der Waals surface area contributed by atoms with Gasteiger partial charge in [-0.25, -0.2) is 4.79 Å². The van der Waals surface area contributed by atoms with Crippen molar-refractivity contribution in [2.45, 2.75) is 47.6 Å². The van der Waals surface area contributed by atoms with Gasteiger partial charge in [-0.1, -0.05) is 33.3 Å². The zero-order chi connectivity index (χ0) is 14.3. The number of carbonyl (C=O) groups excluding carboxylic acids is 2. The van der Waals surface area contributed by atoms with Gasteiger partial charge in [0.25, 0.3) is 0 Å². The van der Waals surface area contributed by atoms with Gasteiger partial charge in [-0.2, -0.15) is 0 Å². The maximum absolute atomic E-state index is 11.9. The van der Waals surface area contributed by atoms with E-state index in [2.05, 4.69) is 5.32 Å². The van der Waals surface area contributed by atoms with Crippen LogP contribution in [0.3, 0.4) is 0 Å². The molecule has 1 unspecified atom stereocenters. The summed E-state index contributed by atoms with van der Waals surface area (Å²) in [5, 5.41) is 2.68. The molecule has 1 amide bonds. The minimum atomic E-state index is -0.591. The molecule has 0 bridgehead atoms. The second kappa shape index (κ2) is 7.90. The van der Waals surface area contributed by atoms with E-state index >= 15 is 0 Å². The summed E-state index contributed by atoms with van der Waals surface area (Å²) >= 11 is 0. The first-order valence-corrected chi connectivity index (χ1v) is 6.36. The summed E-state index contributed by atoms with van der Waals surface area (Å²) < 4.78 is 5.16. The highest BCUT2D eigenvalue weighted by molar-refractivity contribution is 5.92. The molecule has 0 aliphatic heterocycles. The third kappa shape index (κ3) is 7.09. The number of ether oxygens (including phenoxy) is 1. The number of rotatable bonds is 6. The summed E-state index contributed by atoms with van der Waals surface area (Å²) in [6.45, 7) is 11.7. The van der Waals surface area contributed by atoms with E-state index in [9.17, 15) is 9.59 Å². The predicted molar refractivity (Wildman–Crippen MR) is 72.0 cm³/mol. The van der Waals surface area contributed by atoms with Gasteiger partial charge >= 0.3 is 5.97 Å². The number of nitrogens with one attached hydrogen (secondary N) is 1. The van der Waals surface area contributed by atoms with Crippen molar-refractivity contribution in [1.29, 1.82) is 0 Å². The van der Waals surface area contributed by atoms with Crippen molar-refractivity contribution in [3.63, 3.8) is 0 Å². The lowest BCUT2D eigenvalue weighted by Gasteiger charge is -2.20. The Morgan fingerprint density at radius 1 is 1.17 bits per heavy atom. The van der Waals surface area contributed by atoms with Gasteiger partial charge in [-0.05, 0) is 25.7 Å². The lowest BCUT2D eigenvalue weighted by atomic mass is 10.0. The van der Waals surface area contributed by atoms with Crippen LogP contribution < -0.4 is 5.32 Å². The van der Waals surface area contributed by atoms with Gasteiger partial charge in [0.2, 0.25) is 5.91 Å². The maximum atomic E-state index is 11.9. The normalized spacial score (nSPS) is 12.2. The van der Waals surface area contributed by atoms with Crippen molar-refractivity contribution in [1.82, 2.24) is 5.32 Å². The quantitative estimate of drug-likeness (QED) is 0.585. The van der Waals surface area contributed by atoms with Crippen molar-refractivity contribution in [3.8, 4) is 0 Å². The Bertz CT molecular complexity index is 315. The fourth-order valence-corrected chi connectivity index (χ4v) is 1.29. The highest BCUT2D eigenvalue weighted by Crippen LogP contribution is 2.06. The summed E-state index contributed by atoms with van der Waals surface area (Å²) in [6.07, 6.45) is 1.48. The zero-order valence-electron chi connectivity index (χ0n) is 12.2. The first-order valence-electron chi connectivity index (χ1n) is 6.36. The van der Waals surface area contributed by atoms with E-state index in [1.165, 1.54) is 6.08 Å². The Morgan fingerprint density at radius 2 is 1.72 bits per heavy atom. The smallest absolute Gasteiger partial charge is 0.328 e. The molecule has 18 heavy (non-hydrogen) atoms. The molecule has 1 atom stereocenters. The van der Waals surface area contributed by atoms with Crippen LogP contribution in [0.1, 0.15) is 41.5 Å². The SMILES string of the molecule is CC(C)=CC(=O)NC(C(=O)OCC(C)C)C(C)C. The van der Waals surface area contributed by atoms with Crippen LogP contribution in [0, 0.1) is 11.8 Å². The van der Waals surface area contributed by atoms with Gasteiger partial charge in [-0.15, -0.1) is 0 Å². The molecule has 0 fully saturated rings. The molecule has 0 aromatic heterocycles. The number of hydrogen-bond acceptors (Lipinski definition) is 3. The molecule has 0 rings (SSSR count). The van der Waals surface area contributed by atoms with Crippen LogP contribution in [-0.4, -0.2) is 24.5 Å². The summed E-state index contributed by atoms with van der Waals surface area (Å²) in [5.41, 5.74) is 0.894. The van der Waals surface area contributed by atoms with Gasteiger partial charge in [0.1, 0.15) is 6.04 Å². The fourth-order valence-electron chi connectivity index (χ4n) is 1.29. The van der Waals surface area contributed by atoms with E-state index < -0.39 is 6.04 Å². The standard InChI is InChI=1S/C14H25NO3/c1-9(2)7-12(16)15-13(11(5)6)14(17)18-8-10(3)4/h7,10-11,13H,8H2,1-6H3,(H,15,16).